The summed E-state index contributed by atoms with van der Waals surface area (Å²) in [5, 5.41) is 10.8. The van der Waals surface area contributed by atoms with E-state index in [0.717, 1.165) is 63.0 Å². The molecule has 10 nitrogen and oxygen atoms in total. The number of amides is 2. The first kappa shape index (κ1) is 29.4. The molecule has 1 aliphatic carbocycles. The van der Waals surface area contributed by atoms with Gasteiger partial charge in [0.05, 0.1) is 12.2 Å². The minimum atomic E-state index is -0.699. The quantitative estimate of drug-likeness (QED) is 0.477. The van der Waals surface area contributed by atoms with Gasteiger partial charge in [-0.05, 0) is 71.4 Å². The van der Waals surface area contributed by atoms with E-state index >= 15 is 0 Å². The summed E-state index contributed by atoms with van der Waals surface area (Å²) in [6.07, 6.45) is 6.69. The molecule has 1 aromatic heterocycles. The van der Waals surface area contributed by atoms with Crippen LogP contribution in [0.25, 0.3) is 11.4 Å². The van der Waals surface area contributed by atoms with Crippen LogP contribution in [-0.2, 0) is 9.47 Å². The number of hydrogen-bond acceptors (Lipinski definition) is 8. The molecule has 2 unspecified atom stereocenters. The fourth-order valence-corrected chi connectivity index (χ4v) is 5.67. The first-order chi connectivity index (χ1) is 19.6. The number of aliphatic hydroxyl groups is 1. The molecule has 3 aliphatic rings. The Labute approximate surface area is 242 Å². The van der Waals surface area contributed by atoms with Gasteiger partial charge in [-0.3, -0.25) is 9.69 Å². The monoisotopic (exact) mass is 565 g/mol. The van der Waals surface area contributed by atoms with E-state index in [0.29, 0.717) is 30.4 Å². The van der Waals surface area contributed by atoms with Gasteiger partial charge in [-0.25, -0.2) is 14.8 Å². The summed E-state index contributed by atoms with van der Waals surface area (Å²) in [5.74, 6) is 0.927. The van der Waals surface area contributed by atoms with Crippen LogP contribution in [-0.4, -0.2) is 99.4 Å². The van der Waals surface area contributed by atoms with Crippen LogP contribution in [0.1, 0.15) is 75.0 Å². The van der Waals surface area contributed by atoms with Gasteiger partial charge in [0, 0.05) is 56.3 Å². The third kappa shape index (κ3) is 7.42. The van der Waals surface area contributed by atoms with Gasteiger partial charge in [0.1, 0.15) is 11.8 Å². The maximum atomic E-state index is 13.6. The minimum Gasteiger partial charge on any atom is -0.444 e. The molecule has 0 radical (unpaired) electrons. The number of nitrogens with zero attached hydrogens (tertiary/aromatic N) is 5. The number of rotatable bonds is 8. The molecule has 0 bridgehead atoms. The van der Waals surface area contributed by atoms with Crippen molar-refractivity contribution in [1.29, 1.82) is 0 Å². The zero-order valence-electron chi connectivity index (χ0n) is 24.7. The van der Waals surface area contributed by atoms with Crippen LogP contribution >= 0.6 is 0 Å². The second-order valence-corrected chi connectivity index (χ2v) is 12.6. The lowest BCUT2D eigenvalue weighted by atomic mass is 10.0. The Morgan fingerprint density at radius 3 is 2.24 bits per heavy atom. The SMILES string of the molecule is CN(CC1CCOC1)C(O)c1ccc(-c2ncc(C(=O)N(C3CC3)C3CCN(C(=O)OC(C)(C)C)CC3)cn2)cc1. The third-order valence-electron chi connectivity index (χ3n) is 8.04. The molecule has 2 saturated heterocycles. The predicted molar refractivity (Wildman–Crippen MR) is 154 cm³/mol. The molecule has 222 valence electrons. The summed E-state index contributed by atoms with van der Waals surface area (Å²) < 4.78 is 11.0. The van der Waals surface area contributed by atoms with E-state index < -0.39 is 11.8 Å². The van der Waals surface area contributed by atoms with Crippen molar-refractivity contribution in [3.05, 3.63) is 47.8 Å². The fraction of sp³-hybridized carbons (Fsp3) is 0.613. The summed E-state index contributed by atoms with van der Waals surface area (Å²) in [6.45, 7) is 9.06. The normalized spacial score (nSPS) is 20.7. The standard InChI is InChI=1S/C31H43N5O5/c1-31(2,3)41-30(39)35-14-11-26(12-15-35)36(25-9-10-25)29(38)24-17-32-27(33-18-24)22-5-7-23(8-6-22)28(37)34(4)19-21-13-16-40-20-21/h5-8,17-18,21,25-26,28,37H,9-16,19-20H2,1-4H3. The molecule has 2 aliphatic heterocycles. The molecular formula is C31H43N5O5. The molecule has 1 saturated carbocycles. The number of carbonyl (C=O) groups excluding carboxylic acids is 2. The van der Waals surface area contributed by atoms with E-state index in [-0.39, 0.29) is 24.1 Å². The number of likely N-dealkylation sites (tertiary alicyclic amines) is 1. The van der Waals surface area contributed by atoms with Crippen LogP contribution in [0.5, 0.6) is 0 Å². The van der Waals surface area contributed by atoms with Crippen LogP contribution in [0.15, 0.2) is 36.7 Å². The Bertz CT molecular complexity index is 1180. The van der Waals surface area contributed by atoms with Crippen molar-refractivity contribution in [3.8, 4) is 11.4 Å². The number of carbonyl (C=O) groups is 2. The van der Waals surface area contributed by atoms with Crippen molar-refractivity contribution in [1.82, 2.24) is 24.7 Å². The van der Waals surface area contributed by atoms with E-state index in [9.17, 15) is 14.7 Å². The predicted octanol–water partition coefficient (Wildman–Crippen LogP) is 4.11. The number of hydrogen-bond donors (Lipinski definition) is 1. The lowest BCUT2D eigenvalue weighted by Crippen LogP contribution is -2.50. The molecule has 3 heterocycles. The molecule has 2 amide bonds. The fourth-order valence-electron chi connectivity index (χ4n) is 5.67. The van der Waals surface area contributed by atoms with Gasteiger partial charge in [0.15, 0.2) is 5.82 Å². The van der Waals surface area contributed by atoms with Crippen molar-refractivity contribution in [2.45, 2.75) is 76.8 Å². The summed E-state index contributed by atoms with van der Waals surface area (Å²) in [4.78, 5) is 40.8. The average molecular weight is 566 g/mol. The Morgan fingerprint density at radius 2 is 1.68 bits per heavy atom. The highest BCUT2D eigenvalue weighted by molar-refractivity contribution is 5.94. The molecule has 5 rings (SSSR count). The molecule has 0 spiro atoms. The number of benzene rings is 1. The Hall–Kier alpha value is -3.08. The van der Waals surface area contributed by atoms with Crippen LogP contribution in [0.2, 0.25) is 0 Å². The first-order valence-corrected chi connectivity index (χ1v) is 14.8. The molecule has 2 atom stereocenters. The topological polar surface area (TPSA) is 108 Å². The van der Waals surface area contributed by atoms with Gasteiger partial charge in [0.2, 0.25) is 0 Å². The number of aliphatic hydroxyl groups excluding tert-OH is 1. The van der Waals surface area contributed by atoms with Gasteiger partial charge in [-0.1, -0.05) is 24.3 Å². The lowest BCUT2D eigenvalue weighted by molar-refractivity contribution is 0.00979. The van der Waals surface area contributed by atoms with E-state index in [2.05, 4.69) is 9.97 Å². The van der Waals surface area contributed by atoms with E-state index in [1.54, 1.807) is 17.3 Å². The summed E-state index contributed by atoms with van der Waals surface area (Å²) in [5.41, 5.74) is 1.57. The second-order valence-electron chi connectivity index (χ2n) is 12.6. The Balaban J connectivity index is 1.19. The maximum absolute atomic E-state index is 13.6. The van der Waals surface area contributed by atoms with Crippen molar-refractivity contribution >= 4 is 12.0 Å². The Morgan fingerprint density at radius 1 is 1.05 bits per heavy atom. The van der Waals surface area contributed by atoms with Crippen molar-refractivity contribution in [2.75, 3.05) is 39.9 Å². The van der Waals surface area contributed by atoms with E-state index in [1.807, 2.05) is 61.9 Å². The largest absolute Gasteiger partial charge is 0.444 e. The number of aromatic nitrogens is 2. The van der Waals surface area contributed by atoms with Crippen LogP contribution in [0, 0.1) is 5.92 Å². The molecule has 10 heteroatoms. The van der Waals surface area contributed by atoms with Crippen molar-refractivity contribution < 1.29 is 24.2 Å². The zero-order chi connectivity index (χ0) is 29.1. The van der Waals surface area contributed by atoms with Gasteiger partial charge in [-0.2, -0.15) is 0 Å². The van der Waals surface area contributed by atoms with Gasteiger partial charge in [-0.15, -0.1) is 0 Å². The molecule has 41 heavy (non-hydrogen) atoms. The van der Waals surface area contributed by atoms with Crippen molar-refractivity contribution in [3.63, 3.8) is 0 Å². The van der Waals surface area contributed by atoms with Crippen molar-refractivity contribution in [2.24, 2.45) is 5.92 Å². The van der Waals surface area contributed by atoms with Crippen LogP contribution in [0.3, 0.4) is 0 Å². The summed E-state index contributed by atoms with van der Waals surface area (Å²) in [6, 6.07) is 7.89. The molecule has 3 fully saturated rings. The molecule has 1 aromatic carbocycles. The second kappa shape index (κ2) is 12.4. The molecule has 1 N–H and O–H groups in total. The number of piperidine rings is 1. The highest BCUT2D eigenvalue weighted by Crippen LogP contribution is 2.33. The Kier molecular flexibility index (Phi) is 8.91. The molecular weight excluding hydrogens is 522 g/mol. The number of ether oxygens (including phenoxy) is 2. The van der Waals surface area contributed by atoms with Crippen LogP contribution in [0.4, 0.5) is 4.79 Å². The first-order valence-electron chi connectivity index (χ1n) is 14.8. The van der Waals surface area contributed by atoms with Gasteiger partial charge in [0.25, 0.3) is 5.91 Å². The minimum absolute atomic E-state index is 0.0519. The van der Waals surface area contributed by atoms with E-state index in [4.69, 9.17) is 9.47 Å². The maximum Gasteiger partial charge on any atom is 0.410 e. The third-order valence-corrected chi connectivity index (χ3v) is 8.04. The van der Waals surface area contributed by atoms with E-state index in [1.165, 1.54) is 0 Å². The zero-order valence-corrected chi connectivity index (χ0v) is 24.7. The van der Waals surface area contributed by atoms with Crippen LogP contribution < -0.4 is 0 Å². The van der Waals surface area contributed by atoms with Gasteiger partial charge >= 0.3 is 6.09 Å². The summed E-state index contributed by atoms with van der Waals surface area (Å²) >= 11 is 0. The smallest absolute Gasteiger partial charge is 0.410 e. The highest BCUT2D eigenvalue weighted by Gasteiger charge is 2.40. The summed E-state index contributed by atoms with van der Waals surface area (Å²) in [7, 11) is 1.92. The highest BCUT2D eigenvalue weighted by atomic mass is 16.6. The molecule has 2 aromatic rings. The lowest BCUT2D eigenvalue weighted by Gasteiger charge is -2.39. The van der Waals surface area contributed by atoms with Gasteiger partial charge < -0.3 is 24.4 Å². The average Bonchev–Trinajstić information content (AvgIpc) is 3.66.